The second kappa shape index (κ2) is 55.2. The van der Waals surface area contributed by atoms with Crippen LogP contribution in [0.15, 0.2) is 85.1 Å². The van der Waals surface area contributed by atoms with Crippen molar-refractivity contribution in [3.8, 4) is 0 Å². The third-order valence-electron chi connectivity index (χ3n) is 11.9. The molecule has 0 aromatic rings. The molecule has 0 spiro atoms. The molecule has 0 aromatic carbocycles. The van der Waals surface area contributed by atoms with Crippen molar-refractivity contribution >= 4 is 17.9 Å². The van der Waals surface area contributed by atoms with Crippen LogP contribution in [0, 0.1) is 0 Å². The Morgan fingerprint density at radius 2 is 0.582 bits per heavy atom. The number of allylic oxidation sites excluding steroid dienone is 14. The maximum absolute atomic E-state index is 12.8. The van der Waals surface area contributed by atoms with Gasteiger partial charge in [-0.2, -0.15) is 0 Å². The van der Waals surface area contributed by atoms with Crippen molar-refractivity contribution in [2.24, 2.45) is 0 Å². The number of ether oxygens (including phenoxy) is 3. The van der Waals surface area contributed by atoms with E-state index in [1.54, 1.807) is 0 Å². The standard InChI is InChI=1S/C61H104O6/c1-4-7-10-13-16-19-22-25-27-29-30-32-33-36-39-42-45-48-51-54-60(63)66-57-58(56-65-59(62)53-50-47-44-41-38-35-24-21-18-15-12-9-6-3)67-61(64)55-52-49-46-43-40-37-34-31-28-26-23-20-17-14-11-8-5-2/h7,10,16-17,19-20,25-28,30,32,36,39,58H,4-6,8-9,11-15,18,21-24,29,31,33-35,37-38,40-57H2,1-3H3/b10-7+,19-16+,20-17+,27-25+,28-26+,32-30+,39-36+/t58-/m1/s1. The lowest BCUT2D eigenvalue weighted by atomic mass is 10.0. The third-order valence-corrected chi connectivity index (χ3v) is 11.9. The third kappa shape index (κ3) is 53.4. The summed E-state index contributed by atoms with van der Waals surface area (Å²) in [7, 11) is 0. The zero-order chi connectivity index (χ0) is 48.6. The monoisotopic (exact) mass is 933 g/mol. The summed E-state index contributed by atoms with van der Waals surface area (Å²) in [4.78, 5) is 38.1. The highest BCUT2D eigenvalue weighted by atomic mass is 16.6. The Labute approximate surface area is 414 Å². The van der Waals surface area contributed by atoms with Gasteiger partial charge in [-0.05, 0) is 96.3 Å². The summed E-state index contributed by atoms with van der Waals surface area (Å²) in [5.41, 5.74) is 0. The Bertz CT molecular complexity index is 1300. The smallest absolute Gasteiger partial charge is 0.306 e. The molecule has 6 heteroatoms. The normalized spacial score (nSPS) is 12.7. The molecule has 0 radical (unpaired) electrons. The minimum absolute atomic E-state index is 0.0888. The molecule has 0 unspecified atom stereocenters. The van der Waals surface area contributed by atoms with Crippen molar-refractivity contribution in [3.63, 3.8) is 0 Å². The lowest BCUT2D eigenvalue weighted by Crippen LogP contribution is -2.30. The van der Waals surface area contributed by atoms with Crippen molar-refractivity contribution < 1.29 is 28.6 Å². The zero-order valence-corrected chi connectivity index (χ0v) is 43.9. The van der Waals surface area contributed by atoms with Gasteiger partial charge in [0.05, 0.1) is 0 Å². The van der Waals surface area contributed by atoms with E-state index >= 15 is 0 Å². The van der Waals surface area contributed by atoms with E-state index in [1.807, 2.05) is 0 Å². The molecule has 0 aliphatic heterocycles. The Morgan fingerprint density at radius 3 is 0.955 bits per heavy atom. The van der Waals surface area contributed by atoms with Crippen LogP contribution in [0.3, 0.4) is 0 Å². The van der Waals surface area contributed by atoms with E-state index in [2.05, 4.69) is 106 Å². The lowest BCUT2D eigenvalue weighted by Gasteiger charge is -2.18. The lowest BCUT2D eigenvalue weighted by molar-refractivity contribution is -0.167. The molecule has 0 bridgehead atoms. The van der Waals surface area contributed by atoms with Crippen LogP contribution in [0.4, 0.5) is 0 Å². The Kier molecular flexibility index (Phi) is 52.4. The summed E-state index contributed by atoms with van der Waals surface area (Å²) in [5, 5.41) is 0. The largest absolute Gasteiger partial charge is 0.462 e. The van der Waals surface area contributed by atoms with E-state index in [-0.39, 0.29) is 31.1 Å². The van der Waals surface area contributed by atoms with E-state index in [1.165, 1.54) is 116 Å². The minimum atomic E-state index is -0.793. The summed E-state index contributed by atoms with van der Waals surface area (Å²) in [6.07, 6.45) is 71.3. The number of esters is 3. The van der Waals surface area contributed by atoms with Gasteiger partial charge in [0.15, 0.2) is 6.10 Å². The summed E-state index contributed by atoms with van der Waals surface area (Å²) in [6.45, 7) is 6.48. The first-order valence-electron chi connectivity index (χ1n) is 28.1. The summed E-state index contributed by atoms with van der Waals surface area (Å²) in [5.74, 6) is -0.925. The number of unbranched alkanes of at least 4 members (excludes halogenated alkanes) is 25. The van der Waals surface area contributed by atoms with Gasteiger partial charge < -0.3 is 14.2 Å². The molecule has 0 aromatic heterocycles. The molecule has 0 aliphatic carbocycles. The van der Waals surface area contributed by atoms with Gasteiger partial charge in [-0.3, -0.25) is 14.4 Å². The van der Waals surface area contributed by atoms with Gasteiger partial charge in [-0.1, -0.05) is 234 Å². The molecule has 0 fully saturated rings. The van der Waals surface area contributed by atoms with Gasteiger partial charge in [0.2, 0.25) is 0 Å². The fourth-order valence-electron chi connectivity index (χ4n) is 7.68. The van der Waals surface area contributed by atoms with Crippen molar-refractivity contribution in [2.75, 3.05) is 13.2 Å². The van der Waals surface area contributed by atoms with E-state index in [4.69, 9.17) is 14.2 Å². The highest BCUT2D eigenvalue weighted by Crippen LogP contribution is 2.15. The van der Waals surface area contributed by atoms with Gasteiger partial charge in [0.1, 0.15) is 13.2 Å². The van der Waals surface area contributed by atoms with Crippen molar-refractivity contribution in [1.29, 1.82) is 0 Å². The van der Waals surface area contributed by atoms with Crippen LogP contribution < -0.4 is 0 Å². The average molecular weight is 933 g/mol. The quantitative estimate of drug-likeness (QED) is 0.0262. The predicted octanol–water partition coefficient (Wildman–Crippen LogP) is 18.8. The highest BCUT2D eigenvalue weighted by Gasteiger charge is 2.19. The fourth-order valence-corrected chi connectivity index (χ4v) is 7.68. The van der Waals surface area contributed by atoms with Gasteiger partial charge in [-0.25, -0.2) is 0 Å². The van der Waals surface area contributed by atoms with E-state index < -0.39 is 6.10 Å². The van der Waals surface area contributed by atoms with Crippen molar-refractivity contribution in [2.45, 2.75) is 271 Å². The second-order valence-electron chi connectivity index (χ2n) is 18.5. The second-order valence-corrected chi connectivity index (χ2v) is 18.5. The molecule has 0 heterocycles. The van der Waals surface area contributed by atoms with Crippen molar-refractivity contribution in [1.82, 2.24) is 0 Å². The number of carbonyl (C=O) groups is 3. The molecule has 6 nitrogen and oxygen atoms in total. The number of rotatable bonds is 50. The topological polar surface area (TPSA) is 78.9 Å². The van der Waals surface area contributed by atoms with Gasteiger partial charge in [0.25, 0.3) is 0 Å². The van der Waals surface area contributed by atoms with Crippen LogP contribution in [0.1, 0.15) is 265 Å². The van der Waals surface area contributed by atoms with Crippen LogP contribution in [0.2, 0.25) is 0 Å². The van der Waals surface area contributed by atoms with E-state index in [9.17, 15) is 14.4 Å². The zero-order valence-electron chi connectivity index (χ0n) is 43.9. The predicted molar refractivity (Wildman–Crippen MR) is 288 cm³/mol. The minimum Gasteiger partial charge on any atom is -0.462 e. The summed E-state index contributed by atoms with van der Waals surface area (Å²) in [6, 6.07) is 0. The Balaban J connectivity index is 4.45. The molecule has 0 saturated carbocycles. The maximum Gasteiger partial charge on any atom is 0.306 e. The molecule has 0 saturated heterocycles. The molecular formula is C61H104O6. The SMILES string of the molecule is CC/C=C/C/C=C/C/C=C/C/C=C/C/C=C/CCCCCC(=O)OC[C@@H](COC(=O)CCCCCCCCCCCCCCC)OC(=O)CCCCCCCCC/C=C/C/C=C/CCCCC. The first-order valence-corrected chi connectivity index (χ1v) is 28.1. The highest BCUT2D eigenvalue weighted by molar-refractivity contribution is 5.71. The first kappa shape index (κ1) is 63.6. The molecular weight excluding hydrogens is 829 g/mol. The number of hydrogen-bond acceptors (Lipinski definition) is 6. The van der Waals surface area contributed by atoms with Crippen LogP contribution in [-0.4, -0.2) is 37.2 Å². The van der Waals surface area contributed by atoms with Gasteiger partial charge in [0, 0.05) is 19.3 Å². The van der Waals surface area contributed by atoms with Crippen LogP contribution in [-0.2, 0) is 28.6 Å². The number of carbonyl (C=O) groups excluding carboxylic acids is 3. The first-order chi connectivity index (χ1) is 33.0. The van der Waals surface area contributed by atoms with Gasteiger partial charge in [-0.15, -0.1) is 0 Å². The molecule has 1 atom stereocenters. The molecule has 384 valence electrons. The molecule has 0 aliphatic rings. The molecule has 0 rings (SSSR count). The van der Waals surface area contributed by atoms with Crippen LogP contribution in [0.5, 0.6) is 0 Å². The van der Waals surface area contributed by atoms with Crippen LogP contribution >= 0.6 is 0 Å². The Morgan fingerprint density at radius 1 is 0.313 bits per heavy atom. The molecule has 0 N–H and O–H groups in total. The fraction of sp³-hybridized carbons (Fsp3) is 0.721. The summed E-state index contributed by atoms with van der Waals surface area (Å²) >= 11 is 0. The summed E-state index contributed by atoms with van der Waals surface area (Å²) < 4.78 is 16.8. The molecule has 0 amide bonds. The average Bonchev–Trinajstić information content (AvgIpc) is 3.33. The Hall–Kier alpha value is -3.41. The van der Waals surface area contributed by atoms with Crippen LogP contribution in [0.25, 0.3) is 0 Å². The number of hydrogen-bond donors (Lipinski definition) is 0. The molecule has 67 heavy (non-hydrogen) atoms. The van der Waals surface area contributed by atoms with E-state index in [0.717, 1.165) is 109 Å². The van der Waals surface area contributed by atoms with Gasteiger partial charge >= 0.3 is 17.9 Å². The maximum atomic E-state index is 12.8. The van der Waals surface area contributed by atoms with Crippen molar-refractivity contribution in [3.05, 3.63) is 85.1 Å². The van der Waals surface area contributed by atoms with E-state index in [0.29, 0.717) is 19.3 Å².